The van der Waals surface area contributed by atoms with Gasteiger partial charge in [-0.05, 0) is 78.2 Å². The first-order valence-electron chi connectivity index (χ1n) is 9.67. The average molecular weight is 423 g/mol. The molecule has 0 bridgehead atoms. The van der Waals surface area contributed by atoms with Crippen LogP contribution in [0.3, 0.4) is 0 Å². The van der Waals surface area contributed by atoms with E-state index in [1.54, 1.807) is 30.5 Å². The summed E-state index contributed by atoms with van der Waals surface area (Å²) >= 11 is 5.88. The third-order valence-corrected chi connectivity index (χ3v) is 4.42. The summed E-state index contributed by atoms with van der Waals surface area (Å²) < 4.78 is 11.3. The first-order valence-corrected chi connectivity index (χ1v) is 10.1. The Labute approximate surface area is 181 Å². The van der Waals surface area contributed by atoms with E-state index >= 15 is 0 Å². The number of hydrogen-bond donors (Lipinski definition) is 1. The van der Waals surface area contributed by atoms with Crippen LogP contribution in [0.15, 0.2) is 77.9 Å². The van der Waals surface area contributed by atoms with Crippen LogP contribution >= 0.6 is 11.6 Å². The first kappa shape index (κ1) is 21.4. The number of hydrazone groups is 1. The minimum absolute atomic E-state index is 0.281. The Morgan fingerprint density at radius 1 is 0.933 bits per heavy atom. The molecule has 1 amide bonds. The number of carbonyl (C=O) groups is 1. The van der Waals surface area contributed by atoms with E-state index in [-0.39, 0.29) is 5.91 Å². The summed E-state index contributed by atoms with van der Waals surface area (Å²) in [5.41, 5.74) is 4.92. The second-order valence-corrected chi connectivity index (χ2v) is 6.99. The molecule has 0 saturated heterocycles. The van der Waals surface area contributed by atoms with E-state index in [9.17, 15) is 4.79 Å². The van der Waals surface area contributed by atoms with Crippen LogP contribution in [0.1, 0.15) is 34.8 Å². The van der Waals surface area contributed by atoms with Gasteiger partial charge in [0, 0.05) is 10.6 Å². The Morgan fingerprint density at radius 3 is 2.23 bits per heavy atom. The van der Waals surface area contributed by atoms with E-state index in [0.29, 0.717) is 23.8 Å². The minimum atomic E-state index is -0.281. The van der Waals surface area contributed by atoms with Crippen molar-refractivity contribution in [2.24, 2.45) is 5.10 Å². The lowest BCUT2D eigenvalue weighted by atomic mass is 10.2. The second-order valence-electron chi connectivity index (χ2n) is 6.56. The third-order valence-electron chi connectivity index (χ3n) is 4.17. The number of carbonyl (C=O) groups excluding carboxylic acids is 1. The summed E-state index contributed by atoms with van der Waals surface area (Å²) in [4.78, 5) is 12.2. The van der Waals surface area contributed by atoms with Crippen LogP contribution in [0.5, 0.6) is 11.5 Å². The van der Waals surface area contributed by atoms with Gasteiger partial charge in [0.2, 0.25) is 0 Å². The highest BCUT2D eigenvalue weighted by atomic mass is 35.5. The van der Waals surface area contributed by atoms with Crippen LogP contribution in [0, 0.1) is 0 Å². The molecule has 0 radical (unpaired) electrons. The van der Waals surface area contributed by atoms with E-state index in [4.69, 9.17) is 21.1 Å². The number of nitrogens with zero attached hydrogens (tertiary/aromatic N) is 1. The molecular weight excluding hydrogens is 400 g/mol. The molecule has 3 rings (SSSR count). The van der Waals surface area contributed by atoms with Crippen LogP contribution < -0.4 is 14.9 Å². The summed E-state index contributed by atoms with van der Waals surface area (Å²) in [7, 11) is 0. The van der Waals surface area contributed by atoms with Gasteiger partial charge in [-0.25, -0.2) is 5.43 Å². The van der Waals surface area contributed by atoms with Gasteiger partial charge in [0.1, 0.15) is 18.1 Å². The number of amides is 1. The molecule has 0 unspecified atom stereocenters. The summed E-state index contributed by atoms with van der Waals surface area (Å²) in [5, 5.41) is 4.71. The molecule has 0 atom stereocenters. The van der Waals surface area contributed by atoms with E-state index in [2.05, 4.69) is 10.5 Å². The summed E-state index contributed by atoms with van der Waals surface area (Å²) in [6.07, 6.45) is 2.52. The zero-order valence-corrected chi connectivity index (χ0v) is 17.4. The van der Waals surface area contributed by atoms with Crippen molar-refractivity contribution in [1.29, 1.82) is 0 Å². The average Bonchev–Trinajstić information content (AvgIpc) is 2.78. The zero-order valence-electron chi connectivity index (χ0n) is 16.7. The maximum absolute atomic E-state index is 12.2. The lowest BCUT2D eigenvalue weighted by Crippen LogP contribution is -2.17. The predicted octanol–water partition coefficient (Wildman–Crippen LogP) is 5.47. The predicted molar refractivity (Wildman–Crippen MR) is 120 cm³/mol. The van der Waals surface area contributed by atoms with Gasteiger partial charge in [-0.15, -0.1) is 0 Å². The molecule has 3 aromatic carbocycles. The summed E-state index contributed by atoms with van der Waals surface area (Å²) in [6, 6.07) is 21.9. The number of hydrogen-bond acceptors (Lipinski definition) is 4. The SMILES string of the molecule is CCCOc1ccc(C(=O)N/N=C/c2ccc(OCc3ccc(Cl)cc3)cc2)cc1. The standard InChI is InChI=1S/C24H23ClN2O3/c1-2-15-29-22-13-7-20(8-14-22)24(28)27-26-16-18-5-11-23(12-6-18)30-17-19-3-9-21(25)10-4-19/h3-14,16H,2,15,17H2,1H3,(H,27,28)/b26-16+. The van der Waals surface area contributed by atoms with Crippen molar-refractivity contribution in [3.8, 4) is 11.5 Å². The first-order chi connectivity index (χ1) is 14.6. The molecule has 0 aromatic heterocycles. The molecule has 3 aromatic rings. The molecule has 5 nitrogen and oxygen atoms in total. The van der Waals surface area contributed by atoms with E-state index in [0.717, 1.165) is 29.0 Å². The van der Waals surface area contributed by atoms with Gasteiger partial charge in [0.25, 0.3) is 5.91 Å². The highest BCUT2D eigenvalue weighted by Gasteiger charge is 2.04. The fourth-order valence-electron chi connectivity index (χ4n) is 2.55. The molecule has 1 N–H and O–H groups in total. The van der Waals surface area contributed by atoms with Crippen molar-refractivity contribution >= 4 is 23.7 Å². The fourth-order valence-corrected chi connectivity index (χ4v) is 2.68. The third kappa shape index (κ3) is 6.64. The number of rotatable bonds is 9. The monoisotopic (exact) mass is 422 g/mol. The van der Waals surface area contributed by atoms with Crippen molar-refractivity contribution < 1.29 is 14.3 Å². The zero-order chi connectivity index (χ0) is 21.2. The highest BCUT2D eigenvalue weighted by molar-refractivity contribution is 6.30. The Hall–Kier alpha value is -3.31. The van der Waals surface area contributed by atoms with Crippen LogP contribution in [-0.2, 0) is 6.61 Å². The lowest BCUT2D eigenvalue weighted by Gasteiger charge is -2.06. The van der Waals surface area contributed by atoms with Crippen molar-refractivity contribution in [2.45, 2.75) is 20.0 Å². The molecule has 0 aliphatic rings. The molecule has 30 heavy (non-hydrogen) atoms. The van der Waals surface area contributed by atoms with E-state index in [1.165, 1.54) is 0 Å². The molecule has 0 heterocycles. The Morgan fingerprint density at radius 2 is 1.57 bits per heavy atom. The van der Waals surface area contributed by atoms with Crippen molar-refractivity contribution in [3.63, 3.8) is 0 Å². The molecular formula is C24H23ClN2O3. The maximum atomic E-state index is 12.2. The van der Waals surface area contributed by atoms with Crippen LogP contribution in [-0.4, -0.2) is 18.7 Å². The minimum Gasteiger partial charge on any atom is -0.494 e. The van der Waals surface area contributed by atoms with Gasteiger partial charge < -0.3 is 9.47 Å². The van der Waals surface area contributed by atoms with Crippen molar-refractivity contribution in [1.82, 2.24) is 5.43 Å². The molecule has 6 heteroatoms. The topological polar surface area (TPSA) is 59.9 Å². The van der Waals surface area contributed by atoms with Crippen LogP contribution in [0.2, 0.25) is 5.02 Å². The number of halogens is 1. The van der Waals surface area contributed by atoms with Gasteiger partial charge in [-0.3, -0.25) is 4.79 Å². The van der Waals surface area contributed by atoms with Crippen LogP contribution in [0.25, 0.3) is 0 Å². The molecule has 0 spiro atoms. The Balaban J connectivity index is 1.47. The Kier molecular flexibility index (Phi) is 7.86. The quantitative estimate of drug-likeness (QED) is 0.367. The molecule has 0 fully saturated rings. The van der Waals surface area contributed by atoms with Gasteiger partial charge in [0.05, 0.1) is 12.8 Å². The maximum Gasteiger partial charge on any atom is 0.271 e. The normalized spacial score (nSPS) is 10.7. The van der Waals surface area contributed by atoms with Crippen LogP contribution in [0.4, 0.5) is 0 Å². The van der Waals surface area contributed by atoms with Crippen molar-refractivity contribution in [2.75, 3.05) is 6.61 Å². The summed E-state index contributed by atoms with van der Waals surface area (Å²) in [6.45, 7) is 3.16. The largest absolute Gasteiger partial charge is 0.494 e. The highest BCUT2D eigenvalue weighted by Crippen LogP contribution is 2.15. The van der Waals surface area contributed by atoms with Gasteiger partial charge in [-0.2, -0.15) is 5.10 Å². The van der Waals surface area contributed by atoms with E-state index in [1.807, 2.05) is 55.5 Å². The number of nitrogens with one attached hydrogen (secondary N) is 1. The molecule has 0 aliphatic carbocycles. The van der Waals surface area contributed by atoms with Gasteiger partial charge >= 0.3 is 0 Å². The van der Waals surface area contributed by atoms with Gasteiger partial charge in [0.15, 0.2) is 0 Å². The smallest absolute Gasteiger partial charge is 0.271 e. The summed E-state index contributed by atoms with van der Waals surface area (Å²) in [5.74, 6) is 1.21. The lowest BCUT2D eigenvalue weighted by molar-refractivity contribution is 0.0955. The molecule has 0 aliphatic heterocycles. The number of ether oxygens (including phenoxy) is 2. The van der Waals surface area contributed by atoms with Crippen molar-refractivity contribution in [3.05, 3.63) is 94.5 Å². The number of benzene rings is 3. The Bertz CT molecular complexity index is 969. The van der Waals surface area contributed by atoms with E-state index < -0.39 is 0 Å². The fraction of sp³-hybridized carbons (Fsp3) is 0.167. The van der Waals surface area contributed by atoms with Gasteiger partial charge in [-0.1, -0.05) is 30.7 Å². The second kappa shape index (κ2) is 11.0. The molecule has 154 valence electrons. The molecule has 0 saturated carbocycles.